The van der Waals surface area contributed by atoms with E-state index >= 15 is 0 Å². The van der Waals surface area contributed by atoms with Crippen LogP contribution in [0.2, 0.25) is 5.02 Å². The number of piperazine rings is 1. The van der Waals surface area contributed by atoms with E-state index in [-0.39, 0.29) is 29.7 Å². The molecule has 1 aliphatic carbocycles. The number of carbonyl (C=O) groups is 3. The van der Waals surface area contributed by atoms with E-state index in [2.05, 4.69) is 22.0 Å². The highest BCUT2D eigenvalue weighted by Crippen LogP contribution is 2.30. The number of nitrogens with one attached hydrogen (secondary N) is 1. The van der Waals surface area contributed by atoms with E-state index in [1.165, 1.54) is 12.8 Å². The molecule has 2 aliphatic heterocycles. The minimum atomic E-state index is -0.208. The molecule has 1 saturated carbocycles. The largest absolute Gasteiger partial charge is 0.342 e. The Bertz CT molecular complexity index is 962. The number of anilines is 1. The minimum Gasteiger partial charge on any atom is -0.342 e. The average Bonchev–Trinajstić information content (AvgIpc) is 3.37. The lowest BCUT2D eigenvalue weighted by Crippen LogP contribution is -2.54. The summed E-state index contributed by atoms with van der Waals surface area (Å²) in [4.78, 5) is 43.9. The first-order valence-corrected chi connectivity index (χ1v) is 13.5. The van der Waals surface area contributed by atoms with Gasteiger partial charge in [-0.3, -0.25) is 19.3 Å². The van der Waals surface area contributed by atoms with Crippen LogP contribution in [-0.2, 0) is 20.9 Å². The van der Waals surface area contributed by atoms with Crippen LogP contribution in [-0.4, -0.2) is 71.2 Å². The lowest BCUT2D eigenvalue weighted by Gasteiger charge is -2.41. The number of halogens is 1. The van der Waals surface area contributed by atoms with Crippen molar-refractivity contribution in [1.82, 2.24) is 14.7 Å². The predicted octanol–water partition coefficient (Wildman–Crippen LogP) is 4.07. The van der Waals surface area contributed by atoms with Crippen molar-refractivity contribution in [3.8, 4) is 0 Å². The predicted molar refractivity (Wildman–Crippen MR) is 138 cm³/mol. The van der Waals surface area contributed by atoms with Crippen molar-refractivity contribution in [1.29, 1.82) is 0 Å². The third kappa shape index (κ3) is 6.18. The first-order valence-electron chi connectivity index (χ1n) is 13.1. The molecule has 1 aromatic rings. The van der Waals surface area contributed by atoms with Crippen molar-refractivity contribution in [2.75, 3.05) is 38.0 Å². The quantitative estimate of drug-likeness (QED) is 0.658. The molecule has 2 saturated heterocycles. The van der Waals surface area contributed by atoms with E-state index in [0.29, 0.717) is 17.5 Å². The molecule has 0 aromatic heterocycles. The number of amides is 3. The van der Waals surface area contributed by atoms with Crippen LogP contribution in [0.5, 0.6) is 0 Å². The summed E-state index contributed by atoms with van der Waals surface area (Å²) in [6.45, 7) is 10.1. The van der Waals surface area contributed by atoms with Gasteiger partial charge in [0.05, 0.1) is 5.92 Å². The van der Waals surface area contributed by atoms with Gasteiger partial charge in [0.1, 0.15) is 0 Å². The van der Waals surface area contributed by atoms with Gasteiger partial charge in [0.25, 0.3) is 0 Å². The molecule has 192 valence electrons. The highest BCUT2D eigenvalue weighted by atomic mass is 35.5. The summed E-state index contributed by atoms with van der Waals surface area (Å²) in [5.41, 5.74) is 2.84. The van der Waals surface area contributed by atoms with Gasteiger partial charge in [-0.2, -0.15) is 0 Å². The van der Waals surface area contributed by atoms with Crippen LogP contribution >= 0.6 is 11.6 Å². The second-order valence-electron chi connectivity index (χ2n) is 10.6. The van der Waals surface area contributed by atoms with E-state index < -0.39 is 0 Å². The van der Waals surface area contributed by atoms with E-state index in [1.807, 2.05) is 19.1 Å². The lowest BCUT2D eigenvalue weighted by molar-refractivity contribution is -0.140. The molecule has 35 heavy (non-hydrogen) atoms. The van der Waals surface area contributed by atoms with Crippen molar-refractivity contribution in [3.63, 3.8) is 0 Å². The van der Waals surface area contributed by atoms with Gasteiger partial charge >= 0.3 is 0 Å². The molecule has 4 rings (SSSR count). The third-order valence-electron chi connectivity index (χ3n) is 8.07. The molecule has 0 radical (unpaired) electrons. The molecule has 2 heterocycles. The number of hydrogen-bond donors (Lipinski definition) is 1. The highest BCUT2D eigenvalue weighted by molar-refractivity contribution is 6.31. The molecule has 1 N–H and O–H groups in total. The monoisotopic (exact) mass is 502 g/mol. The number of carbonyl (C=O) groups excluding carboxylic acids is 3. The van der Waals surface area contributed by atoms with Gasteiger partial charge in [0, 0.05) is 68.9 Å². The fourth-order valence-corrected chi connectivity index (χ4v) is 6.13. The Balaban J connectivity index is 1.38. The van der Waals surface area contributed by atoms with Crippen molar-refractivity contribution in [3.05, 3.63) is 28.3 Å². The first-order chi connectivity index (χ1) is 16.7. The fraction of sp³-hybridized carbons (Fsp3) is 0.667. The van der Waals surface area contributed by atoms with Crippen LogP contribution in [0.15, 0.2) is 12.1 Å². The van der Waals surface area contributed by atoms with Gasteiger partial charge < -0.3 is 15.1 Å². The zero-order valence-corrected chi connectivity index (χ0v) is 22.1. The van der Waals surface area contributed by atoms with Crippen LogP contribution in [0.1, 0.15) is 63.5 Å². The van der Waals surface area contributed by atoms with Gasteiger partial charge in [-0.1, -0.05) is 24.4 Å². The zero-order valence-electron chi connectivity index (χ0n) is 21.3. The molecule has 7 nitrogen and oxygen atoms in total. The smallest absolute Gasteiger partial charge is 0.229 e. The number of hydrogen-bond acceptors (Lipinski definition) is 4. The lowest BCUT2D eigenvalue weighted by atomic mass is 9.96. The second kappa shape index (κ2) is 11.3. The summed E-state index contributed by atoms with van der Waals surface area (Å²) in [6.07, 6.45) is 6.04. The highest BCUT2D eigenvalue weighted by Gasteiger charge is 2.33. The summed E-state index contributed by atoms with van der Waals surface area (Å²) < 4.78 is 0. The third-order valence-corrected chi connectivity index (χ3v) is 8.29. The average molecular weight is 503 g/mol. The van der Waals surface area contributed by atoms with E-state index in [4.69, 9.17) is 11.6 Å². The van der Waals surface area contributed by atoms with Crippen LogP contribution in [0.25, 0.3) is 0 Å². The minimum absolute atomic E-state index is 0.0167. The zero-order chi connectivity index (χ0) is 25.1. The normalized spacial score (nSPS) is 24.0. The Kier molecular flexibility index (Phi) is 8.38. The van der Waals surface area contributed by atoms with Crippen molar-refractivity contribution in [2.24, 2.45) is 11.8 Å². The molecule has 3 aliphatic rings. The number of likely N-dealkylation sites (tertiary alicyclic amines) is 1. The Morgan fingerprint density at radius 1 is 1.00 bits per heavy atom. The fourth-order valence-electron chi connectivity index (χ4n) is 5.89. The van der Waals surface area contributed by atoms with Crippen LogP contribution in [0.4, 0.5) is 5.69 Å². The summed E-state index contributed by atoms with van der Waals surface area (Å²) >= 11 is 6.46. The molecular formula is C27H39ClN4O3. The number of piperidine rings is 1. The van der Waals surface area contributed by atoms with Crippen molar-refractivity contribution < 1.29 is 14.4 Å². The van der Waals surface area contributed by atoms with Crippen LogP contribution in [0.3, 0.4) is 0 Å². The molecule has 0 bridgehead atoms. The van der Waals surface area contributed by atoms with Gasteiger partial charge in [-0.15, -0.1) is 0 Å². The summed E-state index contributed by atoms with van der Waals surface area (Å²) in [5.74, 6) is 0.311. The maximum atomic E-state index is 13.0. The van der Waals surface area contributed by atoms with Gasteiger partial charge in [-0.05, 0) is 62.8 Å². The summed E-state index contributed by atoms with van der Waals surface area (Å²) in [7, 11) is 0. The molecule has 8 heteroatoms. The number of benzene rings is 1. The topological polar surface area (TPSA) is 73.0 Å². The van der Waals surface area contributed by atoms with E-state index in [9.17, 15) is 14.4 Å². The Hall–Kier alpha value is -2.12. The van der Waals surface area contributed by atoms with Gasteiger partial charge in [-0.25, -0.2) is 0 Å². The molecule has 3 amide bonds. The molecule has 3 fully saturated rings. The van der Waals surface area contributed by atoms with E-state index in [0.717, 1.165) is 75.2 Å². The van der Waals surface area contributed by atoms with E-state index in [1.54, 1.807) is 11.8 Å². The van der Waals surface area contributed by atoms with Crippen LogP contribution in [0, 0.1) is 18.8 Å². The molecular weight excluding hydrogens is 464 g/mol. The first kappa shape index (κ1) is 26.0. The Morgan fingerprint density at radius 2 is 1.71 bits per heavy atom. The van der Waals surface area contributed by atoms with Gasteiger partial charge in [0.2, 0.25) is 17.7 Å². The Morgan fingerprint density at radius 3 is 2.40 bits per heavy atom. The van der Waals surface area contributed by atoms with Crippen molar-refractivity contribution >= 4 is 35.0 Å². The molecule has 1 aromatic carbocycles. The second-order valence-corrected chi connectivity index (χ2v) is 11.1. The van der Waals surface area contributed by atoms with Crippen molar-refractivity contribution in [2.45, 2.75) is 71.9 Å². The molecule has 0 unspecified atom stereocenters. The SMILES string of the molecule is CC(=O)N1CCC[C@H](C(=O)Nc2cc(Cl)cc(CN3CCN(C(=O)C4CCCC4)[C@@H](C)C3)c2C)C1. The Labute approximate surface area is 214 Å². The maximum Gasteiger partial charge on any atom is 0.229 e. The maximum absolute atomic E-state index is 13.0. The van der Waals surface area contributed by atoms with Crippen LogP contribution < -0.4 is 5.32 Å². The molecule has 2 atom stereocenters. The summed E-state index contributed by atoms with van der Waals surface area (Å²) in [6, 6.07) is 3.97. The standard InChI is InChI=1S/C27H39ClN4O3/c1-18-15-30(11-12-32(18)27(35)21-7-4-5-8-21)16-23-13-24(28)14-25(19(23)2)29-26(34)22-9-6-10-31(17-22)20(3)33/h13-14,18,21-22H,4-12,15-17H2,1-3H3,(H,29,34)/t18-,22-/m0/s1. The summed E-state index contributed by atoms with van der Waals surface area (Å²) in [5, 5.41) is 3.68. The van der Waals surface area contributed by atoms with Gasteiger partial charge in [0.15, 0.2) is 0 Å². The number of rotatable bonds is 5. The molecule has 0 spiro atoms. The number of nitrogens with zero attached hydrogens (tertiary/aromatic N) is 3.